The maximum atomic E-state index is 14.1. The molecule has 0 amide bonds. The van der Waals surface area contributed by atoms with Gasteiger partial charge in [0.25, 0.3) is 0 Å². The maximum Gasteiger partial charge on any atom is 0.176 e. The van der Waals surface area contributed by atoms with Gasteiger partial charge in [0.1, 0.15) is 28.8 Å². The molecule has 130 valence electrons. The third-order valence-electron chi connectivity index (χ3n) is 3.78. The SMILES string of the molecule is COc1ccc(OC)c(-c2onc(-c3cc(F)ccc3F)c2CO)c1. The molecule has 7 heteroatoms. The molecule has 0 bridgehead atoms. The number of hydrogen-bond donors (Lipinski definition) is 1. The van der Waals surface area contributed by atoms with Gasteiger partial charge in [0.15, 0.2) is 5.76 Å². The molecule has 0 atom stereocenters. The van der Waals surface area contributed by atoms with E-state index in [-0.39, 0.29) is 22.6 Å². The Hall–Kier alpha value is -2.93. The van der Waals surface area contributed by atoms with Gasteiger partial charge in [0.05, 0.1) is 32.0 Å². The zero-order valence-corrected chi connectivity index (χ0v) is 13.5. The normalized spacial score (nSPS) is 10.8. The average molecular weight is 347 g/mol. The number of methoxy groups -OCH3 is 2. The third kappa shape index (κ3) is 3.06. The van der Waals surface area contributed by atoms with Gasteiger partial charge in [0.2, 0.25) is 0 Å². The predicted molar refractivity (Wildman–Crippen MR) is 86.3 cm³/mol. The molecule has 0 aliphatic heterocycles. The minimum Gasteiger partial charge on any atom is -0.497 e. The van der Waals surface area contributed by atoms with E-state index in [0.29, 0.717) is 17.1 Å². The van der Waals surface area contributed by atoms with E-state index in [2.05, 4.69) is 5.16 Å². The van der Waals surface area contributed by atoms with Crippen molar-refractivity contribution < 1.29 is 27.9 Å². The molecular formula is C18H15F2NO4. The summed E-state index contributed by atoms with van der Waals surface area (Å²) in [6, 6.07) is 8.00. The molecule has 2 aromatic carbocycles. The minimum atomic E-state index is -0.673. The second kappa shape index (κ2) is 6.90. The minimum absolute atomic E-state index is 0.0272. The molecule has 0 aliphatic carbocycles. The van der Waals surface area contributed by atoms with Crippen LogP contribution in [0, 0.1) is 11.6 Å². The molecule has 3 aromatic rings. The molecule has 0 saturated heterocycles. The molecule has 1 N–H and O–H groups in total. The summed E-state index contributed by atoms with van der Waals surface area (Å²) in [4.78, 5) is 0. The van der Waals surface area contributed by atoms with Crippen LogP contribution in [0.4, 0.5) is 8.78 Å². The number of hydrogen-bond acceptors (Lipinski definition) is 5. The van der Waals surface area contributed by atoms with Gasteiger partial charge in [0, 0.05) is 5.56 Å². The van der Waals surface area contributed by atoms with Crippen LogP contribution in [0.25, 0.3) is 22.6 Å². The number of aliphatic hydroxyl groups is 1. The molecular weight excluding hydrogens is 332 g/mol. The highest BCUT2D eigenvalue weighted by Crippen LogP contribution is 2.39. The second-order valence-electron chi connectivity index (χ2n) is 5.19. The van der Waals surface area contributed by atoms with Gasteiger partial charge >= 0.3 is 0 Å². The Morgan fingerprint density at radius 2 is 1.84 bits per heavy atom. The lowest BCUT2D eigenvalue weighted by Crippen LogP contribution is -1.94. The first-order chi connectivity index (χ1) is 12.1. The van der Waals surface area contributed by atoms with Crippen LogP contribution in [0.15, 0.2) is 40.9 Å². The highest BCUT2D eigenvalue weighted by atomic mass is 19.1. The second-order valence-corrected chi connectivity index (χ2v) is 5.19. The van der Waals surface area contributed by atoms with Crippen molar-refractivity contribution in [2.45, 2.75) is 6.61 Å². The van der Waals surface area contributed by atoms with Gasteiger partial charge < -0.3 is 19.1 Å². The molecule has 5 nitrogen and oxygen atoms in total. The summed E-state index contributed by atoms with van der Waals surface area (Å²) >= 11 is 0. The lowest BCUT2D eigenvalue weighted by Gasteiger charge is -2.09. The number of aromatic nitrogens is 1. The lowest BCUT2D eigenvalue weighted by molar-refractivity contribution is 0.281. The van der Waals surface area contributed by atoms with Crippen molar-refractivity contribution in [3.05, 3.63) is 53.6 Å². The number of aliphatic hydroxyl groups excluding tert-OH is 1. The first-order valence-electron chi connectivity index (χ1n) is 7.36. The number of rotatable bonds is 5. The summed E-state index contributed by atoms with van der Waals surface area (Å²) in [5.74, 6) is -0.109. The molecule has 0 spiro atoms. The van der Waals surface area contributed by atoms with Gasteiger partial charge in [-0.2, -0.15) is 0 Å². The molecule has 0 aliphatic rings. The average Bonchev–Trinajstić information content (AvgIpc) is 3.06. The lowest BCUT2D eigenvalue weighted by atomic mass is 10.0. The first-order valence-corrected chi connectivity index (χ1v) is 7.36. The number of nitrogens with zero attached hydrogens (tertiary/aromatic N) is 1. The van der Waals surface area contributed by atoms with Crippen molar-refractivity contribution in [1.29, 1.82) is 0 Å². The van der Waals surface area contributed by atoms with E-state index < -0.39 is 18.2 Å². The Labute approximate surface area is 142 Å². The Bertz CT molecular complexity index is 908. The van der Waals surface area contributed by atoms with E-state index in [0.717, 1.165) is 18.2 Å². The van der Waals surface area contributed by atoms with Crippen LogP contribution in [0.3, 0.4) is 0 Å². The fraction of sp³-hybridized carbons (Fsp3) is 0.167. The molecule has 0 radical (unpaired) electrons. The zero-order valence-electron chi connectivity index (χ0n) is 13.5. The van der Waals surface area contributed by atoms with Crippen molar-refractivity contribution in [2.75, 3.05) is 14.2 Å². The van der Waals surface area contributed by atoms with Gasteiger partial charge in [-0.3, -0.25) is 0 Å². The number of halogens is 2. The molecule has 25 heavy (non-hydrogen) atoms. The molecule has 1 aromatic heterocycles. The highest BCUT2D eigenvalue weighted by molar-refractivity contribution is 5.76. The Kier molecular flexibility index (Phi) is 4.67. The van der Waals surface area contributed by atoms with Crippen molar-refractivity contribution >= 4 is 0 Å². The standard InChI is InChI=1S/C18H15F2NO4/c1-23-11-4-6-16(24-2)13(8-11)18-14(9-22)17(21-25-18)12-7-10(19)3-5-15(12)20/h3-8,22H,9H2,1-2H3. The number of benzene rings is 2. The summed E-state index contributed by atoms with van der Waals surface area (Å²) in [6.07, 6.45) is 0. The fourth-order valence-corrected chi connectivity index (χ4v) is 2.55. The van der Waals surface area contributed by atoms with Crippen molar-refractivity contribution in [2.24, 2.45) is 0 Å². The van der Waals surface area contributed by atoms with Crippen LogP contribution in [0.2, 0.25) is 0 Å². The van der Waals surface area contributed by atoms with Crippen LogP contribution < -0.4 is 9.47 Å². The van der Waals surface area contributed by atoms with Crippen molar-refractivity contribution in [1.82, 2.24) is 5.16 Å². The monoisotopic (exact) mass is 347 g/mol. The summed E-state index contributed by atoms with van der Waals surface area (Å²) in [5.41, 5.74) is 0.623. The molecule has 1 heterocycles. The quantitative estimate of drug-likeness (QED) is 0.761. The van der Waals surface area contributed by atoms with E-state index >= 15 is 0 Å². The van der Waals surface area contributed by atoms with Crippen molar-refractivity contribution in [3.63, 3.8) is 0 Å². The Balaban J connectivity index is 2.21. The highest BCUT2D eigenvalue weighted by Gasteiger charge is 2.23. The molecule has 0 fully saturated rings. The zero-order chi connectivity index (χ0) is 18.0. The van der Waals surface area contributed by atoms with E-state index in [1.807, 2.05) is 0 Å². The Morgan fingerprint density at radius 1 is 1.04 bits per heavy atom. The van der Waals surface area contributed by atoms with Crippen LogP contribution >= 0.6 is 0 Å². The number of ether oxygens (including phenoxy) is 2. The van der Waals surface area contributed by atoms with E-state index in [9.17, 15) is 13.9 Å². The van der Waals surface area contributed by atoms with Crippen molar-refractivity contribution in [3.8, 4) is 34.1 Å². The van der Waals surface area contributed by atoms with Gasteiger partial charge in [-0.25, -0.2) is 8.78 Å². The van der Waals surface area contributed by atoms with Gasteiger partial charge in [-0.05, 0) is 36.4 Å². The van der Waals surface area contributed by atoms with Crippen LogP contribution in [-0.2, 0) is 6.61 Å². The summed E-state index contributed by atoms with van der Waals surface area (Å²) in [5, 5.41) is 13.6. The van der Waals surface area contributed by atoms with Gasteiger partial charge in [-0.1, -0.05) is 5.16 Å². The molecule has 0 saturated carbocycles. The van der Waals surface area contributed by atoms with E-state index in [1.54, 1.807) is 18.2 Å². The maximum absolute atomic E-state index is 14.1. The third-order valence-corrected chi connectivity index (χ3v) is 3.78. The smallest absolute Gasteiger partial charge is 0.176 e. The summed E-state index contributed by atoms with van der Waals surface area (Å²) in [7, 11) is 2.99. The van der Waals surface area contributed by atoms with Crippen LogP contribution in [0.1, 0.15) is 5.56 Å². The molecule has 3 rings (SSSR count). The summed E-state index contributed by atoms with van der Waals surface area (Å²) < 4.78 is 43.4. The topological polar surface area (TPSA) is 64.7 Å². The fourth-order valence-electron chi connectivity index (χ4n) is 2.55. The van der Waals surface area contributed by atoms with E-state index in [1.165, 1.54) is 14.2 Å². The van der Waals surface area contributed by atoms with Crippen LogP contribution in [-0.4, -0.2) is 24.5 Å². The first kappa shape index (κ1) is 16.9. The van der Waals surface area contributed by atoms with E-state index in [4.69, 9.17) is 14.0 Å². The Morgan fingerprint density at radius 3 is 2.52 bits per heavy atom. The largest absolute Gasteiger partial charge is 0.497 e. The molecule has 0 unspecified atom stereocenters. The predicted octanol–water partition coefficient (Wildman–Crippen LogP) is 3.80. The summed E-state index contributed by atoms with van der Waals surface area (Å²) in [6.45, 7) is -0.482. The van der Waals surface area contributed by atoms with Crippen LogP contribution in [0.5, 0.6) is 11.5 Å². The van der Waals surface area contributed by atoms with Gasteiger partial charge in [-0.15, -0.1) is 0 Å².